The molecule has 9 aromatic rings. The summed E-state index contributed by atoms with van der Waals surface area (Å²) in [4.78, 5) is 12.7. The van der Waals surface area contributed by atoms with Crippen molar-refractivity contribution in [1.29, 1.82) is 16.1 Å². The summed E-state index contributed by atoms with van der Waals surface area (Å²) < 4.78 is 50.8. The van der Waals surface area contributed by atoms with Crippen LogP contribution in [0.2, 0.25) is 0 Å². The summed E-state index contributed by atoms with van der Waals surface area (Å²) in [6.45, 7) is 0.743. The van der Waals surface area contributed by atoms with Crippen LogP contribution in [0.15, 0.2) is 128 Å². The molecule has 0 aliphatic rings. The lowest BCUT2D eigenvalue weighted by molar-refractivity contribution is 0.399. The average Bonchev–Trinajstić information content (AvgIpc) is 3.95. The van der Waals surface area contributed by atoms with Crippen molar-refractivity contribution < 1.29 is 17.9 Å². The summed E-state index contributed by atoms with van der Waals surface area (Å²) in [5.74, 6) is -1.05. The van der Waals surface area contributed by atoms with Gasteiger partial charge >= 0.3 is 0 Å². The average molecular weight is 806 g/mol. The van der Waals surface area contributed by atoms with Crippen LogP contribution in [0.3, 0.4) is 0 Å². The van der Waals surface area contributed by atoms with Crippen LogP contribution in [0.25, 0.3) is 33.1 Å². The zero-order valence-electron chi connectivity index (χ0n) is 31.8. The van der Waals surface area contributed by atoms with Gasteiger partial charge in [-0.3, -0.25) is 10.8 Å². The van der Waals surface area contributed by atoms with Gasteiger partial charge < -0.3 is 10.5 Å². The Morgan fingerprint density at radius 1 is 0.583 bits per heavy atom. The second-order valence-corrected chi connectivity index (χ2v) is 13.0. The number of pyridine rings is 3. The lowest BCUT2D eigenvalue weighted by atomic mass is 10.2. The van der Waals surface area contributed by atoms with Crippen LogP contribution in [-0.2, 0) is 24.4 Å². The SMILES string of the molecule is COC(=N)c1nn(Cc2ccccc2F)c2ncccc12.N#Cc1nn(Cc2ccccc2F)c2ncccc12.N=C(N)c1nn(Cc2ccccc2F)c2ncccc12. The number of ether oxygens (including phenoxy) is 1. The van der Waals surface area contributed by atoms with Crippen LogP contribution >= 0.6 is 0 Å². The lowest BCUT2D eigenvalue weighted by Crippen LogP contribution is -2.13. The van der Waals surface area contributed by atoms with Crippen molar-refractivity contribution in [2.75, 3.05) is 7.11 Å². The molecule has 6 aromatic heterocycles. The van der Waals surface area contributed by atoms with Crippen LogP contribution in [-0.4, -0.2) is 63.1 Å². The van der Waals surface area contributed by atoms with Gasteiger partial charge in [0.05, 0.1) is 42.9 Å². The van der Waals surface area contributed by atoms with E-state index in [2.05, 4.69) is 30.2 Å². The first-order chi connectivity index (χ1) is 29.2. The Labute approximate surface area is 340 Å². The molecule has 0 spiro atoms. The molecule has 17 heteroatoms. The van der Waals surface area contributed by atoms with Gasteiger partial charge in [-0.2, -0.15) is 20.6 Å². The highest BCUT2D eigenvalue weighted by Crippen LogP contribution is 2.21. The third-order valence-corrected chi connectivity index (χ3v) is 9.14. The molecule has 6 heterocycles. The van der Waals surface area contributed by atoms with Crippen LogP contribution < -0.4 is 5.73 Å². The maximum absolute atomic E-state index is 13.8. The summed E-state index contributed by atoms with van der Waals surface area (Å²) in [5, 5.41) is 39.2. The van der Waals surface area contributed by atoms with Crippen molar-refractivity contribution in [3.63, 3.8) is 0 Å². The summed E-state index contributed by atoms with van der Waals surface area (Å²) in [5.41, 5.74) is 9.90. The molecule has 298 valence electrons. The first-order valence-corrected chi connectivity index (χ1v) is 18.2. The predicted molar refractivity (Wildman–Crippen MR) is 219 cm³/mol. The predicted octanol–water partition coefficient (Wildman–Crippen LogP) is 6.98. The maximum atomic E-state index is 13.8. The molecule has 0 bridgehead atoms. The Kier molecular flexibility index (Phi) is 11.9. The number of nitrogens with two attached hydrogens (primary N) is 1. The number of nitrogens with one attached hydrogen (secondary N) is 2. The molecule has 60 heavy (non-hydrogen) atoms. The highest BCUT2D eigenvalue weighted by atomic mass is 19.1. The van der Waals surface area contributed by atoms with E-state index in [0.29, 0.717) is 66.9 Å². The zero-order valence-corrected chi connectivity index (χ0v) is 31.8. The fraction of sp³-hybridized carbons (Fsp3) is 0.0930. The third-order valence-electron chi connectivity index (χ3n) is 9.14. The van der Waals surface area contributed by atoms with Gasteiger partial charge in [-0.15, -0.1) is 0 Å². The number of fused-ring (bicyclic) bond motifs is 3. The second-order valence-electron chi connectivity index (χ2n) is 13.0. The fourth-order valence-electron chi connectivity index (χ4n) is 6.27. The number of hydrogen-bond acceptors (Lipinski definition) is 10. The molecule has 4 N–H and O–H groups in total. The molecule has 0 unspecified atom stereocenters. The number of nitrogen functional groups attached to an aromatic ring is 1. The van der Waals surface area contributed by atoms with Crippen LogP contribution in [0, 0.1) is 39.6 Å². The molecule has 14 nitrogen and oxygen atoms in total. The van der Waals surface area contributed by atoms with Crippen LogP contribution in [0.1, 0.15) is 33.8 Å². The van der Waals surface area contributed by atoms with Gasteiger partial charge in [0.1, 0.15) is 35.1 Å². The van der Waals surface area contributed by atoms with Gasteiger partial charge in [-0.1, -0.05) is 54.6 Å². The summed E-state index contributed by atoms with van der Waals surface area (Å²) in [7, 11) is 1.42. The highest BCUT2D eigenvalue weighted by Gasteiger charge is 2.18. The Hall–Kier alpha value is -8.26. The second kappa shape index (κ2) is 17.9. The lowest BCUT2D eigenvalue weighted by Gasteiger charge is -2.04. The standard InChI is InChI=1S/C15H13FN4O.C14H12FN5.C14H9FN4/c1-21-14(17)13-11-6-4-8-18-15(11)20(19-13)9-10-5-2-3-7-12(10)16;15-11-6-2-1-4-9(11)8-20-14-10(5-3-7-18-14)12(19-20)13(16)17;15-12-6-2-1-4-10(12)9-19-14-11(5-3-7-17-14)13(8-16)18-19/h2-8,17H,9H2,1H3;1-7H,8H2,(H3,16,17);1-7H,9H2. The van der Waals surface area contributed by atoms with Crippen LogP contribution in [0.5, 0.6) is 0 Å². The van der Waals surface area contributed by atoms with Gasteiger partial charge in [-0.05, 0) is 54.6 Å². The molecule has 0 aliphatic carbocycles. The summed E-state index contributed by atoms with van der Waals surface area (Å²) in [6.07, 6.45) is 4.90. The maximum Gasteiger partial charge on any atom is 0.234 e. The molecular formula is C43H34F3N13O. The topological polar surface area (TPSA) is 199 Å². The minimum Gasteiger partial charge on any atom is -0.480 e. The first kappa shape index (κ1) is 40.0. The molecule has 0 aliphatic heterocycles. The molecule has 3 aromatic carbocycles. The highest BCUT2D eigenvalue weighted by molar-refractivity contribution is 6.04. The number of rotatable bonds is 8. The third kappa shape index (κ3) is 8.52. The number of halogens is 3. The number of nitriles is 1. The Morgan fingerprint density at radius 3 is 1.38 bits per heavy atom. The quantitative estimate of drug-likeness (QED) is 0.107. The fourth-order valence-corrected chi connectivity index (χ4v) is 6.27. The van der Waals surface area contributed by atoms with E-state index in [9.17, 15) is 13.2 Å². The summed E-state index contributed by atoms with van der Waals surface area (Å²) in [6, 6.07) is 32.2. The van der Waals surface area contributed by atoms with E-state index in [-0.39, 0.29) is 48.8 Å². The number of hydrogen-bond donors (Lipinski definition) is 3. The zero-order chi connectivity index (χ0) is 42.2. The molecule has 0 radical (unpaired) electrons. The Bertz CT molecular complexity index is 3040. The van der Waals surface area contributed by atoms with Gasteiger partial charge in [0.25, 0.3) is 0 Å². The molecule has 0 amide bonds. The number of aromatic nitrogens is 9. The van der Waals surface area contributed by atoms with Crippen molar-refractivity contribution in [2.24, 2.45) is 5.73 Å². The van der Waals surface area contributed by atoms with Crippen molar-refractivity contribution in [1.82, 2.24) is 44.3 Å². The first-order valence-electron chi connectivity index (χ1n) is 18.2. The molecule has 0 fully saturated rings. The smallest absolute Gasteiger partial charge is 0.234 e. The van der Waals surface area contributed by atoms with E-state index in [1.807, 2.05) is 12.1 Å². The van der Waals surface area contributed by atoms with E-state index in [4.69, 9.17) is 26.6 Å². The van der Waals surface area contributed by atoms with Crippen LogP contribution in [0.4, 0.5) is 13.2 Å². The molecule has 0 saturated heterocycles. The molecule has 9 rings (SSSR count). The minimum atomic E-state index is -0.295. The van der Waals surface area contributed by atoms with Crippen molar-refractivity contribution in [2.45, 2.75) is 19.6 Å². The van der Waals surface area contributed by atoms with Gasteiger partial charge in [-0.25, -0.2) is 42.2 Å². The molecule has 0 saturated carbocycles. The largest absolute Gasteiger partial charge is 0.480 e. The van der Waals surface area contributed by atoms with E-state index < -0.39 is 0 Å². The van der Waals surface area contributed by atoms with Crippen molar-refractivity contribution >= 4 is 44.8 Å². The number of benzene rings is 3. The Morgan fingerprint density at radius 2 is 0.967 bits per heavy atom. The van der Waals surface area contributed by atoms with Gasteiger partial charge in [0.15, 0.2) is 28.3 Å². The normalized spacial score (nSPS) is 10.7. The van der Waals surface area contributed by atoms with Crippen molar-refractivity contribution in [3.8, 4) is 6.07 Å². The number of nitrogens with zero attached hydrogens (tertiary/aromatic N) is 10. The van der Waals surface area contributed by atoms with E-state index >= 15 is 0 Å². The van der Waals surface area contributed by atoms with E-state index in [1.54, 1.807) is 118 Å². The van der Waals surface area contributed by atoms with Gasteiger partial charge in [0, 0.05) is 35.3 Å². The number of methoxy groups -OCH3 is 1. The monoisotopic (exact) mass is 805 g/mol. The summed E-state index contributed by atoms with van der Waals surface area (Å²) >= 11 is 0. The number of amidine groups is 1. The minimum absolute atomic E-state index is 0.0414. The van der Waals surface area contributed by atoms with Crippen molar-refractivity contribution in [3.05, 3.63) is 179 Å². The van der Waals surface area contributed by atoms with E-state index in [1.165, 1.54) is 25.3 Å². The molecule has 0 atom stereocenters. The van der Waals surface area contributed by atoms with Gasteiger partial charge in [0.2, 0.25) is 5.90 Å². The molecular weight excluding hydrogens is 772 g/mol. The van der Waals surface area contributed by atoms with E-state index in [0.717, 1.165) is 0 Å². The Balaban J connectivity index is 0.000000136.